The Morgan fingerprint density at radius 2 is 1.83 bits per heavy atom. The fraction of sp³-hybridized carbons (Fsp3) is 0.190. The summed E-state index contributed by atoms with van der Waals surface area (Å²) >= 11 is 7.11. The Bertz CT molecular complexity index is 990. The number of amides is 2. The molecule has 8 heteroatoms. The van der Waals surface area contributed by atoms with Crippen LogP contribution in [0.5, 0.6) is 5.75 Å². The number of aryl methyl sites for hydroxylation is 1. The lowest BCUT2D eigenvalue weighted by Crippen LogP contribution is -2.39. The summed E-state index contributed by atoms with van der Waals surface area (Å²) in [7, 11) is 1.54. The summed E-state index contributed by atoms with van der Waals surface area (Å²) < 4.78 is 5.69. The first-order chi connectivity index (χ1) is 14.0. The van der Waals surface area contributed by atoms with Gasteiger partial charge in [0.1, 0.15) is 28.3 Å². The van der Waals surface area contributed by atoms with Crippen LogP contribution >= 0.6 is 22.9 Å². The Morgan fingerprint density at radius 3 is 2.48 bits per heavy atom. The van der Waals surface area contributed by atoms with E-state index < -0.39 is 6.04 Å². The first-order valence-corrected chi connectivity index (χ1v) is 10.1. The number of rotatable bonds is 7. The SMILES string of the molecule is CNC(=O)[C@@H](NC(=O)c1sc(COc2ccc(Cl)cc2)nc1C)c1ccccc1. The van der Waals surface area contributed by atoms with Crippen LogP contribution in [0.1, 0.15) is 32.0 Å². The number of aromatic nitrogens is 1. The van der Waals surface area contributed by atoms with Gasteiger partial charge in [0.25, 0.3) is 5.91 Å². The number of hydrogen-bond acceptors (Lipinski definition) is 5. The van der Waals surface area contributed by atoms with Crippen LogP contribution < -0.4 is 15.4 Å². The van der Waals surface area contributed by atoms with Gasteiger partial charge in [-0.1, -0.05) is 41.9 Å². The van der Waals surface area contributed by atoms with Crippen molar-refractivity contribution in [1.29, 1.82) is 0 Å². The highest BCUT2D eigenvalue weighted by atomic mass is 35.5. The van der Waals surface area contributed by atoms with Gasteiger partial charge in [-0.15, -0.1) is 11.3 Å². The van der Waals surface area contributed by atoms with Crippen molar-refractivity contribution in [1.82, 2.24) is 15.6 Å². The largest absolute Gasteiger partial charge is 0.486 e. The summed E-state index contributed by atoms with van der Waals surface area (Å²) in [5.41, 5.74) is 1.29. The summed E-state index contributed by atoms with van der Waals surface area (Å²) in [5, 5.41) is 6.68. The molecule has 2 amide bonds. The highest BCUT2D eigenvalue weighted by molar-refractivity contribution is 7.13. The fourth-order valence-corrected chi connectivity index (χ4v) is 3.69. The van der Waals surface area contributed by atoms with Crippen molar-refractivity contribution in [3.05, 3.63) is 80.8 Å². The van der Waals surface area contributed by atoms with Crippen LogP contribution in [0.3, 0.4) is 0 Å². The normalized spacial score (nSPS) is 11.6. The zero-order valence-electron chi connectivity index (χ0n) is 15.9. The monoisotopic (exact) mass is 429 g/mol. The van der Waals surface area contributed by atoms with E-state index in [1.165, 1.54) is 18.4 Å². The van der Waals surface area contributed by atoms with Crippen molar-refractivity contribution in [2.45, 2.75) is 19.6 Å². The van der Waals surface area contributed by atoms with E-state index in [0.717, 1.165) is 0 Å². The van der Waals surface area contributed by atoms with Crippen molar-refractivity contribution >= 4 is 34.8 Å². The van der Waals surface area contributed by atoms with Gasteiger partial charge in [-0.3, -0.25) is 9.59 Å². The first kappa shape index (κ1) is 20.8. The van der Waals surface area contributed by atoms with E-state index in [9.17, 15) is 9.59 Å². The number of carbonyl (C=O) groups is 2. The molecule has 1 heterocycles. The van der Waals surface area contributed by atoms with E-state index in [1.54, 1.807) is 43.3 Å². The summed E-state index contributed by atoms with van der Waals surface area (Å²) in [6.45, 7) is 1.99. The molecule has 3 aromatic rings. The number of benzene rings is 2. The van der Waals surface area contributed by atoms with Crippen molar-refractivity contribution in [2.24, 2.45) is 0 Å². The Kier molecular flexibility index (Phi) is 6.85. The Balaban J connectivity index is 1.71. The first-order valence-electron chi connectivity index (χ1n) is 8.90. The average molecular weight is 430 g/mol. The summed E-state index contributed by atoms with van der Waals surface area (Å²) in [4.78, 5) is 30.0. The van der Waals surface area contributed by atoms with Crippen molar-refractivity contribution in [3.8, 4) is 5.75 Å². The maximum absolute atomic E-state index is 12.8. The number of likely N-dealkylation sites (N-methyl/N-ethyl adjacent to an activating group) is 1. The minimum atomic E-state index is -0.788. The van der Waals surface area contributed by atoms with E-state index in [-0.39, 0.29) is 18.4 Å². The van der Waals surface area contributed by atoms with Crippen molar-refractivity contribution in [2.75, 3.05) is 7.05 Å². The van der Waals surface area contributed by atoms with Gasteiger partial charge in [-0.25, -0.2) is 4.98 Å². The molecular weight excluding hydrogens is 410 g/mol. The Hall–Kier alpha value is -2.90. The molecule has 0 saturated carbocycles. The lowest BCUT2D eigenvalue weighted by Gasteiger charge is -2.17. The van der Waals surface area contributed by atoms with E-state index in [1.807, 2.05) is 18.2 Å². The topological polar surface area (TPSA) is 80.3 Å². The third-order valence-corrected chi connectivity index (χ3v) is 5.52. The Morgan fingerprint density at radius 1 is 1.14 bits per heavy atom. The second-order valence-electron chi connectivity index (χ2n) is 6.20. The molecule has 29 heavy (non-hydrogen) atoms. The molecule has 0 unspecified atom stereocenters. The van der Waals surface area contributed by atoms with Gasteiger partial charge in [0.15, 0.2) is 0 Å². The fourth-order valence-electron chi connectivity index (χ4n) is 2.69. The molecule has 0 aliphatic rings. The van der Waals surface area contributed by atoms with E-state index in [2.05, 4.69) is 15.6 Å². The summed E-state index contributed by atoms with van der Waals surface area (Å²) in [5.74, 6) is 0.0187. The lowest BCUT2D eigenvalue weighted by molar-refractivity contribution is -0.122. The van der Waals surface area contributed by atoms with Gasteiger partial charge in [0.2, 0.25) is 5.91 Å². The molecule has 2 N–H and O–H groups in total. The predicted octanol–water partition coefficient (Wildman–Crippen LogP) is 3.90. The molecule has 0 bridgehead atoms. The van der Waals surface area contributed by atoms with E-state index in [0.29, 0.717) is 31.9 Å². The van der Waals surface area contributed by atoms with E-state index >= 15 is 0 Å². The van der Waals surface area contributed by atoms with Crippen LogP contribution in [0.15, 0.2) is 54.6 Å². The Labute approximate surface area is 177 Å². The van der Waals surface area contributed by atoms with Gasteiger partial charge in [0, 0.05) is 12.1 Å². The molecule has 150 valence electrons. The molecule has 0 spiro atoms. The molecule has 3 rings (SSSR count). The molecule has 2 aromatic carbocycles. The third kappa shape index (κ3) is 5.34. The number of hydrogen-bond donors (Lipinski definition) is 2. The van der Waals surface area contributed by atoms with Crippen LogP contribution in [0.4, 0.5) is 0 Å². The van der Waals surface area contributed by atoms with Gasteiger partial charge in [-0.05, 0) is 36.8 Å². The minimum absolute atomic E-state index is 0.234. The predicted molar refractivity (Wildman–Crippen MR) is 113 cm³/mol. The second-order valence-corrected chi connectivity index (χ2v) is 7.72. The number of thiazole rings is 1. The number of carbonyl (C=O) groups excluding carboxylic acids is 2. The second kappa shape index (κ2) is 9.54. The van der Waals surface area contributed by atoms with Crippen molar-refractivity contribution in [3.63, 3.8) is 0 Å². The molecule has 0 aliphatic heterocycles. The zero-order valence-corrected chi connectivity index (χ0v) is 17.5. The van der Waals surface area contributed by atoms with Crippen molar-refractivity contribution < 1.29 is 14.3 Å². The molecule has 0 radical (unpaired) electrons. The molecule has 1 aromatic heterocycles. The lowest BCUT2D eigenvalue weighted by atomic mass is 10.1. The van der Waals surface area contributed by atoms with E-state index in [4.69, 9.17) is 16.3 Å². The number of ether oxygens (including phenoxy) is 1. The van der Waals surface area contributed by atoms with Crippen LogP contribution in [0.25, 0.3) is 0 Å². The third-order valence-electron chi connectivity index (χ3n) is 4.14. The highest BCUT2D eigenvalue weighted by Crippen LogP contribution is 2.23. The van der Waals surface area contributed by atoms with Gasteiger partial charge < -0.3 is 15.4 Å². The molecular formula is C21H20ClN3O3S. The maximum atomic E-state index is 12.8. The number of nitrogens with zero attached hydrogens (tertiary/aromatic N) is 1. The van der Waals surface area contributed by atoms with Crippen LogP contribution in [-0.2, 0) is 11.4 Å². The molecule has 0 fully saturated rings. The maximum Gasteiger partial charge on any atom is 0.264 e. The quantitative estimate of drug-likeness (QED) is 0.596. The molecule has 0 aliphatic carbocycles. The van der Waals surface area contributed by atoms with Gasteiger partial charge >= 0.3 is 0 Å². The minimum Gasteiger partial charge on any atom is -0.486 e. The van der Waals surface area contributed by atoms with Crippen LogP contribution in [0.2, 0.25) is 5.02 Å². The smallest absolute Gasteiger partial charge is 0.264 e. The molecule has 1 atom stereocenters. The standard InChI is InChI=1S/C21H20ClN3O3S/c1-13-19(29-17(24-13)12-28-16-10-8-15(22)9-11-16)21(27)25-18(20(26)23-2)14-6-4-3-5-7-14/h3-11,18H,12H2,1-2H3,(H,23,26)(H,25,27)/t18-/m0/s1. The summed E-state index contributed by atoms with van der Waals surface area (Å²) in [6, 6.07) is 15.3. The number of halogens is 1. The summed E-state index contributed by atoms with van der Waals surface area (Å²) in [6.07, 6.45) is 0. The van der Waals surface area contributed by atoms with Crippen LogP contribution in [-0.4, -0.2) is 23.8 Å². The average Bonchev–Trinajstić information content (AvgIpc) is 3.12. The van der Waals surface area contributed by atoms with Gasteiger partial charge in [0.05, 0.1) is 5.69 Å². The number of nitrogens with one attached hydrogen (secondary N) is 2. The van der Waals surface area contributed by atoms with Crippen LogP contribution in [0, 0.1) is 6.92 Å². The molecule has 0 saturated heterocycles. The van der Waals surface area contributed by atoms with Gasteiger partial charge in [-0.2, -0.15) is 0 Å². The molecule has 6 nitrogen and oxygen atoms in total. The highest BCUT2D eigenvalue weighted by Gasteiger charge is 2.24. The zero-order chi connectivity index (χ0) is 20.8.